The minimum absolute atomic E-state index is 0.173. The Kier molecular flexibility index (Phi) is 0.206. The van der Waals surface area contributed by atoms with Crippen molar-refractivity contribution >= 4 is 47.8 Å². The molecule has 83 valence electrons. The molecule has 0 aromatic rings. The molecule has 15 heavy (non-hydrogen) atoms. The van der Waals surface area contributed by atoms with Crippen molar-refractivity contribution in [3.63, 3.8) is 0 Å². The zero-order valence-corrected chi connectivity index (χ0v) is 13.5. The van der Waals surface area contributed by atoms with Crippen LogP contribution >= 0.6 is 47.8 Å². The molecule has 4 unspecified atom stereocenters. The van der Waals surface area contributed by atoms with Crippen LogP contribution in [0.2, 0.25) is 48.0 Å². The molecule has 0 N–H and O–H groups in total. The number of halogens is 3. The van der Waals surface area contributed by atoms with Crippen LogP contribution in [-0.4, -0.2) is 2.14 Å². The summed E-state index contributed by atoms with van der Waals surface area (Å²) in [5.41, 5.74) is 0. The molecule has 0 aromatic carbocycles. The van der Waals surface area contributed by atoms with Crippen LogP contribution < -0.4 is 0 Å². The third-order valence-electron chi connectivity index (χ3n) is 14.3. The number of alkyl halides is 3. The van der Waals surface area contributed by atoms with Crippen molar-refractivity contribution < 1.29 is 6.37 Å². The fourth-order valence-corrected chi connectivity index (χ4v) is 95.3. The van der Waals surface area contributed by atoms with Gasteiger partial charge >= 0.3 is 104 Å². The van der Waals surface area contributed by atoms with Crippen LogP contribution in [0.25, 0.3) is 0 Å². The van der Waals surface area contributed by atoms with Gasteiger partial charge in [-0.2, -0.15) is 0 Å². The van der Waals surface area contributed by atoms with Crippen molar-refractivity contribution in [1.82, 2.24) is 0 Å². The van der Waals surface area contributed by atoms with Crippen molar-refractivity contribution in [2.24, 2.45) is 0 Å². The third kappa shape index (κ3) is 0.0618. The van der Waals surface area contributed by atoms with Crippen molar-refractivity contribution in [2.45, 2.75) is 50.2 Å². The van der Waals surface area contributed by atoms with Crippen LogP contribution in [0.3, 0.4) is 0 Å². The predicted octanol–water partition coefficient (Wildman–Crippen LogP) is 5.58. The van der Waals surface area contributed by atoms with E-state index in [0.717, 1.165) is 4.35 Å². The van der Waals surface area contributed by atoms with Gasteiger partial charge in [0.1, 0.15) is 0 Å². The van der Waals surface area contributed by atoms with Gasteiger partial charge in [0.15, 0.2) is 0 Å². The van der Waals surface area contributed by atoms with Crippen molar-refractivity contribution in [1.29, 1.82) is 0 Å². The first-order chi connectivity index (χ1) is 6.80. The second kappa shape index (κ2) is 0.482. The van der Waals surface area contributed by atoms with Gasteiger partial charge in [-0.25, -0.2) is 0 Å². The molecule has 0 aromatic heterocycles. The number of hydrogen-bond donors (Lipinski definition) is 0. The monoisotopic (exact) mass is 437 g/mol. The number of fused-ring (bicyclic) bond motifs is 10. The number of rotatable bonds is 0. The summed E-state index contributed by atoms with van der Waals surface area (Å²) in [5, 5.41) is 0. The Balaban J connectivity index is 1.85. The van der Waals surface area contributed by atoms with E-state index in [1.54, 1.807) is 0 Å². The van der Waals surface area contributed by atoms with Gasteiger partial charge in [0, 0.05) is 0 Å². The van der Waals surface area contributed by atoms with Crippen LogP contribution in [0.1, 0.15) is 0 Å². The van der Waals surface area contributed by atoms with Gasteiger partial charge in [-0.3, -0.25) is 0 Å². The van der Waals surface area contributed by atoms with E-state index in [0.29, 0.717) is 0 Å². The summed E-state index contributed by atoms with van der Waals surface area (Å²) >= 11 is 12.1. The summed E-state index contributed by atoms with van der Waals surface area (Å²) < 4.78 is 1.05. The Morgan fingerprint density at radius 1 is 0.733 bits per heavy atom. The number of hydrogen-bond acceptors (Lipinski definition) is 0. The zero-order valence-electron chi connectivity index (χ0n) is 7.66. The third-order valence-corrected chi connectivity index (χ3v) is 57.3. The Morgan fingerprint density at radius 2 is 1.13 bits per heavy atom. The summed E-state index contributed by atoms with van der Waals surface area (Å²) in [6.07, 6.45) is -2.73. The van der Waals surface area contributed by atoms with Crippen LogP contribution in [-0.2, 0) is 6.37 Å². The molecule has 10 rings (SSSR count). The molecule has 0 bridgehead atoms. The van der Waals surface area contributed by atoms with Gasteiger partial charge in [-0.1, -0.05) is 0 Å². The maximum atomic E-state index is 4.02. The van der Waals surface area contributed by atoms with Crippen LogP contribution in [0.5, 0.6) is 0 Å². The van der Waals surface area contributed by atoms with E-state index in [4.69, 9.17) is 0 Å². The molecule has 0 radical (unpaired) electrons. The molecule has 0 nitrogen and oxygen atoms in total. The predicted molar refractivity (Wildman–Crippen MR) is 66.0 cm³/mol. The average molecular weight is 440 g/mol. The van der Waals surface area contributed by atoms with E-state index in [1.165, 1.54) is 43.7 Å². The summed E-state index contributed by atoms with van der Waals surface area (Å²) in [5.74, 6) is 0. The van der Waals surface area contributed by atoms with Gasteiger partial charge in [0.05, 0.1) is 0 Å². The fourth-order valence-electron chi connectivity index (χ4n) is 16.0. The van der Waals surface area contributed by atoms with Crippen molar-refractivity contribution in [3.8, 4) is 0 Å². The summed E-state index contributed by atoms with van der Waals surface area (Å²) in [7, 11) is 0. The fraction of sp³-hybridized carbons (Fsp3) is 1.00. The first-order valence-electron chi connectivity index (χ1n) is 5.96. The Morgan fingerprint density at radius 3 is 1.20 bits per heavy atom. The van der Waals surface area contributed by atoms with E-state index < -0.39 is 6.37 Å². The van der Waals surface area contributed by atoms with Crippen molar-refractivity contribution in [2.75, 3.05) is 0 Å². The van der Waals surface area contributed by atoms with Gasteiger partial charge in [-0.05, 0) is 0 Å². The summed E-state index contributed by atoms with van der Waals surface area (Å²) in [6.45, 7) is 0. The van der Waals surface area contributed by atoms with E-state index in [-0.39, 0.29) is 2.14 Å². The first-order valence-corrected chi connectivity index (χ1v) is 14.3. The van der Waals surface area contributed by atoms with E-state index >= 15 is 0 Å². The molecule has 1 spiro atoms. The molecule has 10 saturated heterocycles. The molecule has 10 fully saturated rings. The van der Waals surface area contributed by atoms with Crippen LogP contribution in [0, 0.1) is 0 Å². The average Bonchev–Trinajstić information content (AvgIpc) is 3.12. The first kappa shape index (κ1) is 6.40. The Bertz CT molecular complexity index is 844. The van der Waals surface area contributed by atoms with E-state index in [1.807, 2.05) is 0 Å². The quantitative estimate of drug-likeness (QED) is 0.432. The molecule has 0 saturated carbocycles. The standard InChI is InChI=1S/C6H4Br3.C5H5.Co/c7-6(8,9)5-3-1-2-4-5;1-2-4-5-3-1;/h1-4H;1-5H;. The van der Waals surface area contributed by atoms with E-state index in [2.05, 4.69) is 47.8 Å². The molecule has 10 heterocycles. The second-order valence-electron chi connectivity index (χ2n) is 9.75. The second-order valence-corrected chi connectivity index (χ2v) is 38.7. The van der Waals surface area contributed by atoms with Crippen LogP contribution in [0.15, 0.2) is 0 Å². The molecule has 0 amide bonds. The molecule has 0 aliphatic carbocycles. The molecule has 4 atom stereocenters. The molecule has 4 heteroatoms. The maximum absolute atomic E-state index is 4.02. The molecule has 10 aliphatic rings. The van der Waals surface area contributed by atoms with Gasteiger partial charge in [0.2, 0.25) is 0 Å². The van der Waals surface area contributed by atoms with E-state index in [9.17, 15) is 0 Å². The normalized spacial score (nSPS) is 135. The van der Waals surface area contributed by atoms with Gasteiger partial charge < -0.3 is 0 Å². The zero-order chi connectivity index (χ0) is 9.51. The Hall–Kier alpha value is 1.95. The summed E-state index contributed by atoms with van der Waals surface area (Å²) in [6, 6.07) is 0. The topological polar surface area (TPSA) is 0 Å². The van der Waals surface area contributed by atoms with Crippen molar-refractivity contribution in [3.05, 3.63) is 0 Å². The minimum atomic E-state index is -2.73. The van der Waals surface area contributed by atoms with Gasteiger partial charge in [-0.15, -0.1) is 0 Å². The molecular weight excluding hydrogens is 431 g/mol. The molecular formula is C11H9Br3Co. The molecule has 10 aliphatic heterocycles. The van der Waals surface area contributed by atoms with Crippen LogP contribution in [0.4, 0.5) is 0 Å². The summed E-state index contributed by atoms with van der Waals surface area (Å²) in [4.78, 5) is 12.7. The Labute approximate surface area is 103 Å². The van der Waals surface area contributed by atoms with Gasteiger partial charge in [0.25, 0.3) is 0 Å². The SMILES string of the molecule is BrC(Br)(Br)[C]12[CH]3[CH]4[CH]5[CH]1[Co]45321678[CH]2[CH]1[CH]6[CH]7[CH]28.